The van der Waals surface area contributed by atoms with Gasteiger partial charge < -0.3 is 29.6 Å². The molecule has 8 aromatic rings. The largest absolute Gasteiger partial charge is 0.480 e. The van der Waals surface area contributed by atoms with Gasteiger partial charge in [-0.1, -0.05) is 71.8 Å². The van der Waals surface area contributed by atoms with Crippen molar-refractivity contribution in [1.29, 1.82) is 0 Å². The summed E-state index contributed by atoms with van der Waals surface area (Å²) in [6.07, 6.45) is 3.23. The molecule has 0 aliphatic carbocycles. The van der Waals surface area contributed by atoms with E-state index in [-0.39, 0.29) is 36.3 Å². The predicted octanol–water partition coefficient (Wildman–Crippen LogP) is 8.75. The van der Waals surface area contributed by atoms with E-state index in [0.717, 1.165) is 61.3 Å². The average molecular weight is 871 g/mol. The number of carbonyl (C=O) groups excluding carboxylic acids is 1. The van der Waals surface area contributed by atoms with Crippen LogP contribution in [-0.2, 0) is 27.4 Å². The topological polar surface area (TPSA) is 183 Å². The molecule has 0 unspecified atom stereocenters. The highest BCUT2D eigenvalue weighted by Gasteiger charge is 2.15. The molecule has 14 heteroatoms. The molecule has 0 aliphatic heterocycles. The van der Waals surface area contributed by atoms with Crippen molar-refractivity contribution in [3.63, 3.8) is 0 Å². The monoisotopic (exact) mass is 870 g/mol. The van der Waals surface area contributed by atoms with Gasteiger partial charge in [0, 0.05) is 47.4 Å². The SMILES string of the molecule is COC(=O)Cn1cc(-c2ccc3nc(C)nc(N[C@H](C)c4cccc(C)c4)c3c2)ccc1=O.Cc1cccc([C@@H](C)Nc2nc(C)nc3ccc(-c4ccc(=O)n(CC(=O)O)c4)cc23)c1. The smallest absolute Gasteiger partial charge is 0.325 e. The molecular weight excluding hydrogens is 821 g/mol. The van der Waals surface area contributed by atoms with Crippen LogP contribution < -0.4 is 21.8 Å². The first-order chi connectivity index (χ1) is 31.1. The Morgan fingerprint density at radius 3 is 1.43 bits per heavy atom. The van der Waals surface area contributed by atoms with Crippen molar-refractivity contribution in [1.82, 2.24) is 29.1 Å². The molecule has 0 aliphatic rings. The normalized spacial score (nSPS) is 11.9. The third-order valence-corrected chi connectivity index (χ3v) is 10.9. The number of pyridine rings is 2. The number of aromatic nitrogens is 6. The van der Waals surface area contributed by atoms with Gasteiger partial charge in [-0.05, 0) is 111 Å². The number of methoxy groups -OCH3 is 1. The highest BCUT2D eigenvalue weighted by molar-refractivity contribution is 5.94. The summed E-state index contributed by atoms with van der Waals surface area (Å²) in [7, 11) is 1.30. The Kier molecular flexibility index (Phi) is 13.6. The number of anilines is 2. The maximum absolute atomic E-state index is 12.2. The molecule has 8 rings (SSSR count). The van der Waals surface area contributed by atoms with Crippen molar-refractivity contribution >= 4 is 45.4 Å². The second-order valence-corrected chi connectivity index (χ2v) is 16.0. The van der Waals surface area contributed by atoms with Crippen molar-refractivity contribution in [2.45, 2.75) is 66.7 Å². The second-order valence-electron chi connectivity index (χ2n) is 16.0. The summed E-state index contributed by atoms with van der Waals surface area (Å²) in [6.45, 7) is 11.5. The summed E-state index contributed by atoms with van der Waals surface area (Å²) < 4.78 is 7.23. The molecule has 0 radical (unpaired) electrons. The van der Waals surface area contributed by atoms with Gasteiger partial charge in [-0.15, -0.1) is 0 Å². The van der Waals surface area contributed by atoms with Gasteiger partial charge in [0.2, 0.25) is 0 Å². The third kappa shape index (κ3) is 11.0. The molecule has 0 saturated heterocycles. The number of carbonyl (C=O) groups is 2. The van der Waals surface area contributed by atoms with Gasteiger partial charge in [0.25, 0.3) is 11.1 Å². The molecule has 2 atom stereocenters. The molecule has 0 spiro atoms. The zero-order valence-electron chi connectivity index (χ0n) is 37.3. The first kappa shape index (κ1) is 45.0. The minimum Gasteiger partial charge on any atom is -0.480 e. The van der Waals surface area contributed by atoms with Crippen molar-refractivity contribution in [2.75, 3.05) is 17.7 Å². The van der Waals surface area contributed by atoms with Crippen LogP contribution in [0, 0.1) is 27.7 Å². The Hall–Kier alpha value is -8.00. The number of carboxylic acids is 1. The van der Waals surface area contributed by atoms with Crippen LogP contribution >= 0.6 is 0 Å². The summed E-state index contributed by atoms with van der Waals surface area (Å²) in [6, 6.07) is 34.7. The lowest BCUT2D eigenvalue weighted by Crippen LogP contribution is -2.23. The van der Waals surface area contributed by atoms with Crippen LogP contribution in [0.1, 0.15) is 59.8 Å². The van der Waals surface area contributed by atoms with Gasteiger partial charge in [-0.3, -0.25) is 19.2 Å². The minimum absolute atomic E-state index is 0.0357. The van der Waals surface area contributed by atoms with Crippen LogP contribution in [0.4, 0.5) is 11.6 Å². The van der Waals surface area contributed by atoms with Crippen molar-refractivity contribution in [3.8, 4) is 22.3 Å². The first-order valence-corrected chi connectivity index (χ1v) is 21.1. The van der Waals surface area contributed by atoms with Gasteiger partial charge in [-0.2, -0.15) is 0 Å². The standard InChI is InChI=1S/C26H26N4O3.C25H24N4O3/c1-16-6-5-7-19(12-16)17(2)27-26-22-13-20(8-10-23(22)28-18(3)29-26)21-9-11-24(31)30(14-21)15-25(32)33-4;1-15-5-4-6-18(11-15)16(2)26-25-21-12-19(7-9-22(21)27-17(3)28-25)20-8-10-23(30)29(13-20)14-24(31)32/h5-14,17H,15H2,1-4H3,(H,27,28,29);4-13,16H,14H2,1-3H3,(H,31,32)(H,26,27,28)/t17-;16-/m11/s1. The highest BCUT2D eigenvalue weighted by atomic mass is 16.5. The van der Waals surface area contributed by atoms with Gasteiger partial charge >= 0.3 is 11.9 Å². The predicted molar refractivity (Wildman–Crippen MR) is 254 cm³/mol. The summed E-state index contributed by atoms with van der Waals surface area (Å²) in [5, 5.41) is 17.8. The average Bonchev–Trinajstić information content (AvgIpc) is 3.27. The van der Waals surface area contributed by atoms with E-state index in [1.807, 2.05) is 62.4 Å². The molecule has 0 fully saturated rings. The molecule has 0 amide bonds. The fourth-order valence-corrected chi connectivity index (χ4v) is 7.52. The number of aryl methyl sites for hydroxylation is 4. The van der Waals surface area contributed by atoms with Crippen molar-refractivity contribution in [3.05, 3.63) is 176 Å². The summed E-state index contributed by atoms with van der Waals surface area (Å²) in [5.74, 6) is 1.27. The van der Waals surface area contributed by atoms with Crippen LogP contribution in [0.2, 0.25) is 0 Å². The van der Waals surface area contributed by atoms with Crippen LogP contribution in [0.5, 0.6) is 0 Å². The number of aliphatic carboxylic acids is 1. The van der Waals surface area contributed by atoms with Gasteiger partial charge in [0.15, 0.2) is 0 Å². The van der Waals surface area contributed by atoms with Gasteiger partial charge in [-0.25, -0.2) is 19.9 Å². The zero-order chi connectivity index (χ0) is 46.4. The number of rotatable bonds is 12. The van der Waals surface area contributed by atoms with Crippen molar-refractivity contribution in [2.24, 2.45) is 0 Å². The zero-order valence-corrected chi connectivity index (χ0v) is 37.3. The second kappa shape index (κ2) is 19.6. The van der Waals surface area contributed by atoms with E-state index in [1.54, 1.807) is 24.5 Å². The fourth-order valence-electron chi connectivity index (χ4n) is 7.52. The van der Waals surface area contributed by atoms with E-state index in [2.05, 4.69) is 94.7 Å². The lowest BCUT2D eigenvalue weighted by molar-refractivity contribution is -0.141. The van der Waals surface area contributed by atoms with E-state index in [9.17, 15) is 19.2 Å². The van der Waals surface area contributed by atoms with Gasteiger partial charge in [0.05, 0.1) is 18.1 Å². The van der Waals surface area contributed by atoms with Crippen LogP contribution in [0.3, 0.4) is 0 Å². The molecule has 0 bridgehead atoms. The number of carboxylic acid groups (broad SMARTS) is 1. The first-order valence-electron chi connectivity index (χ1n) is 21.1. The number of nitrogens with one attached hydrogen (secondary N) is 2. The summed E-state index contributed by atoms with van der Waals surface area (Å²) in [5.41, 5.74) is 9.01. The summed E-state index contributed by atoms with van der Waals surface area (Å²) in [4.78, 5) is 65.3. The Bertz CT molecular complexity index is 3200. The van der Waals surface area contributed by atoms with E-state index >= 15 is 0 Å². The Morgan fingerprint density at radius 1 is 0.585 bits per heavy atom. The van der Waals surface area contributed by atoms with Crippen molar-refractivity contribution < 1.29 is 19.4 Å². The Labute approximate surface area is 375 Å². The number of ether oxygens (including phenoxy) is 1. The third-order valence-electron chi connectivity index (χ3n) is 10.9. The van der Waals surface area contributed by atoms with Crippen LogP contribution in [-0.4, -0.2) is 53.2 Å². The number of hydrogen-bond acceptors (Lipinski definition) is 11. The van der Waals surface area contributed by atoms with Crippen LogP contribution in [0.25, 0.3) is 44.1 Å². The van der Waals surface area contributed by atoms with E-state index in [0.29, 0.717) is 11.6 Å². The molecule has 0 saturated carbocycles. The number of hydrogen-bond donors (Lipinski definition) is 3. The molecule has 4 aromatic carbocycles. The minimum atomic E-state index is -1.07. The maximum atomic E-state index is 12.2. The number of fused-ring (bicyclic) bond motifs is 2. The Morgan fingerprint density at radius 2 is 1.02 bits per heavy atom. The van der Waals surface area contributed by atoms with E-state index < -0.39 is 11.9 Å². The van der Waals surface area contributed by atoms with Crippen LogP contribution in [0.15, 0.2) is 131 Å². The van der Waals surface area contributed by atoms with Gasteiger partial charge in [0.1, 0.15) is 36.4 Å². The molecule has 65 heavy (non-hydrogen) atoms. The number of nitrogens with zero attached hydrogens (tertiary/aromatic N) is 6. The molecule has 4 aromatic heterocycles. The van der Waals surface area contributed by atoms with E-state index in [1.165, 1.54) is 45.1 Å². The molecular formula is C51H50N8O6. The highest BCUT2D eigenvalue weighted by Crippen LogP contribution is 2.31. The fraction of sp³-hybridized carbons (Fsp3) is 0.216. The number of esters is 1. The lowest BCUT2D eigenvalue weighted by atomic mass is 10.0. The molecule has 4 heterocycles. The maximum Gasteiger partial charge on any atom is 0.325 e. The number of benzene rings is 4. The quantitative estimate of drug-likeness (QED) is 0.0994. The lowest BCUT2D eigenvalue weighted by Gasteiger charge is -2.18. The molecule has 14 nitrogen and oxygen atoms in total. The Balaban J connectivity index is 0.000000194. The molecule has 330 valence electrons. The molecule has 3 N–H and O–H groups in total. The van der Waals surface area contributed by atoms with E-state index in [4.69, 9.17) is 9.84 Å². The summed E-state index contributed by atoms with van der Waals surface area (Å²) >= 11 is 0.